The molecule has 1 saturated heterocycles. The predicted molar refractivity (Wildman–Crippen MR) is 125 cm³/mol. The topological polar surface area (TPSA) is 44.0 Å². The number of benzene rings is 1. The van der Waals surface area contributed by atoms with Gasteiger partial charge in [0.25, 0.3) is 0 Å². The number of hydrogen-bond acceptors (Lipinski definition) is 2. The number of H-pyrrole nitrogens is 1. The molecule has 4 nitrogen and oxygen atoms in total. The summed E-state index contributed by atoms with van der Waals surface area (Å²) in [6, 6.07) is 14.3. The van der Waals surface area contributed by atoms with Crippen LogP contribution in [0.1, 0.15) is 34.7 Å². The number of nitrogens with one attached hydrogen (secondary N) is 2. The molecule has 1 aromatic carbocycles. The van der Waals surface area contributed by atoms with E-state index in [0.29, 0.717) is 5.11 Å². The standard InChI is InChI=1S/C20H18BrIN4S/c1-11-16(17(22)12(2)24-11)19-18(15-5-3-4-10-23-15)25-20(27)26(19)14-8-6-13(21)7-9-14/h3-10,18-19,24H,1-2H3,(H,25,27)/t18-,19-/m1/s1. The lowest BCUT2D eigenvalue weighted by molar-refractivity contribution is 0.564. The van der Waals surface area contributed by atoms with Crippen molar-refractivity contribution in [2.45, 2.75) is 25.9 Å². The zero-order valence-corrected chi connectivity index (χ0v) is 19.4. The zero-order valence-electron chi connectivity index (χ0n) is 14.8. The molecule has 1 aliphatic rings. The molecule has 3 heterocycles. The van der Waals surface area contributed by atoms with Crippen molar-refractivity contribution in [3.63, 3.8) is 0 Å². The molecule has 1 fully saturated rings. The minimum absolute atomic E-state index is 0.0189. The van der Waals surface area contributed by atoms with Crippen molar-refractivity contribution >= 4 is 61.5 Å². The number of pyridine rings is 1. The van der Waals surface area contributed by atoms with Crippen LogP contribution in [0.2, 0.25) is 0 Å². The second-order valence-corrected chi connectivity index (χ2v) is 8.96. The number of rotatable bonds is 3. The van der Waals surface area contributed by atoms with Gasteiger partial charge in [0.05, 0.1) is 17.8 Å². The van der Waals surface area contributed by atoms with Gasteiger partial charge in [0, 0.05) is 36.9 Å². The van der Waals surface area contributed by atoms with Gasteiger partial charge in [0.1, 0.15) is 0 Å². The van der Waals surface area contributed by atoms with Gasteiger partial charge in [0.15, 0.2) is 5.11 Å². The number of halogens is 2. The molecule has 1 aliphatic heterocycles. The van der Waals surface area contributed by atoms with E-state index in [1.807, 2.05) is 30.5 Å². The third-order valence-corrected chi connectivity index (χ3v) is 7.08. The summed E-state index contributed by atoms with van der Waals surface area (Å²) < 4.78 is 2.29. The van der Waals surface area contributed by atoms with Gasteiger partial charge in [-0.05, 0) is 85.1 Å². The Bertz CT molecular complexity index is 987. The first-order valence-electron chi connectivity index (χ1n) is 8.58. The molecule has 2 atom stereocenters. The van der Waals surface area contributed by atoms with Crippen molar-refractivity contribution in [1.82, 2.24) is 15.3 Å². The molecule has 4 rings (SSSR count). The summed E-state index contributed by atoms with van der Waals surface area (Å²) in [5, 5.41) is 4.23. The molecular weight excluding hydrogens is 535 g/mol. The molecule has 0 bridgehead atoms. The van der Waals surface area contributed by atoms with E-state index < -0.39 is 0 Å². The van der Waals surface area contributed by atoms with Crippen molar-refractivity contribution in [2.75, 3.05) is 4.90 Å². The van der Waals surface area contributed by atoms with E-state index >= 15 is 0 Å². The van der Waals surface area contributed by atoms with Crippen LogP contribution in [0.3, 0.4) is 0 Å². The predicted octanol–water partition coefficient (Wildman–Crippen LogP) is 5.57. The number of thiocarbonyl (C=S) groups is 1. The second-order valence-electron chi connectivity index (χ2n) is 6.58. The molecule has 7 heteroatoms. The molecule has 2 N–H and O–H groups in total. The van der Waals surface area contributed by atoms with Crippen molar-refractivity contribution in [3.8, 4) is 0 Å². The first-order valence-corrected chi connectivity index (χ1v) is 10.9. The fourth-order valence-electron chi connectivity index (χ4n) is 3.65. The molecule has 27 heavy (non-hydrogen) atoms. The normalized spacial score (nSPS) is 19.4. The number of aromatic amines is 1. The second kappa shape index (κ2) is 7.52. The molecule has 0 spiro atoms. The van der Waals surface area contributed by atoms with Gasteiger partial charge in [0.2, 0.25) is 0 Å². The number of anilines is 1. The summed E-state index contributed by atoms with van der Waals surface area (Å²) >= 11 is 11.7. The minimum Gasteiger partial charge on any atom is -0.362 e. The highest BCUT2D eigenvalue weighted by Crippen LogP contribution is 2.44. The molecule has 0 unspecified atom stereocenters. The lowest BCUT2D eigenvalue weighted by Gasteiger charge is -2.28. The fourth-order valence-corrected chi connectivity index (χ4v) is 5.12. The van der Waals surface area contributed by atoms with Crippen LogP contribution in [0, 0.1) is 17.4 Å². The van der Waals surface area contributed by atoms with Crippen LogP contribution >= 0.6 is 50.7 Å². The summed E-state index contributed by atoms with van der Waals surface area (Å²) in [7, 11) is 0. The van der Waals surface area contributed by atoms with E-state index in [-0.39, 0.29) is 12.1 Å². The molecule has 0 aliphatic carbocycles. The van der Waals surface area contributed by atoms with Gasteiger partial charge < -0.3 is 15.2 Å². The van der Waals surface area contributed by atoms with Crippen LogP contribution < -0.4 is 10.2 Å². The Hall–Kier alpha value is -1.45. The lowest BCUT2D eigenvalue weighted by atomic mass is 9.96. The maximum atomic E-state index is 5.77. The Labute approximate surface area is 186 Å². The van der Waals surface area contributed by atoms with Crippen LogP contribution in [0.25, 0.3) is 0 Å². The number of nitrogens with zero attached hydrogens (tertiary/aromatic N) is 2. The Morgan fingerprint density at radius 1 is 1.11 bits per heavy atom. The third-order valence-electron chi connectivity index (χ3n) is 4.84. The molecule has 0 saturated carbocycles. The highest BCUT2D eigenvalue weighted by Gasteiger charge is 2.42. The van der Waals surface area contributed by atoms with Crippen molar-refractivity contribution in [2.24, 2.45) is 0 Å². The summed E-state index contributed by atoms with van der Waals surface area (Å²) in [6.45, 7) is 4.24. The number of aromatic nitrogens is 2. The van der Waals surface area contributed by atoms with Gasteiger partial charge in [-0.3, -0.25) is 4.98 Å². The summed E-state index contributed by atoms with van der Waals surface area (Å²) in [5.74, 6) is 0. The smallest absolute Gasteiger partial charge is 0.174 e. The summed E-state index contributed by atoms with van der Waals surface area (Å²) in [4.78, 5) is 10.3. The number of hydrogen-bond donors (Lipinski definition) is 2. The number of aryl methyl sites for hydroxylation is 2. The maximum absolute atomic E-state index is 5.77. The van der Waals surface area contributed by atoms with Gasteiger partial charge >= 0.3 is 0 Å². The SMILES string of the molecule is Cc1[nH]c(C)c([C@@H]2[C@@H](c3ccccn3)NC(=S)N2c2ccc(Br)cc2)c1I. The van der Waals surface area contributed by atoms with E-state index in [9.17, 15) is 0 Å². The largest absolute Gasteiger partial charge is 0.362 e. The van der Waals surface area contributed by atoms with E-state index in [2.05, 4.69) is 90.8 Å². The summed E-state index contributed by atoms with van der Waals surface area (Å²) in [6.07, 6.45) is 1.83. The van der Waals surface area contributed by atoms with Crippen molar-refractivity contribution in [1.29, 1.82) is 0 Å². The highest BCUT2D eigenvalue weighted by molar-refractivity contribution is 14.1. The average Bonchev–Trinajstić information content (AvgIpc) is 3.12. The van der Waals surface area contributed by atoms with Crippen LogP contribution in [-0.4, -0.2) is 15.1 Å². The van der Waals surface area contributed by atoms with E-state index in [0.717, 1.165) is 21.5 Å². The Morgan fingerprint density at radius 2 is 1.85 bits per heavy atom. The van der Waals surface area contributed by atoms with Crippen LogP contribution in [0.5, 0.6) is 0 Å². The Balaban J connectivity index is 1.89. The first-order chi connectivity index (χ1) is 13.0. The highest BCUT2D eigenvalue weighted by atomic mass is 127. The van der Waals surface area contributed by atoms with Gasteiger partial charge in [-0.2, -0.15) is 0 Å². The van der Waals surface area contributed by atoms with Gasteiger partial charge in [-0.1, -0.05) is 22.0 Å². The van der Waals surface area contributed by atoms with Crippen LogP contribution in [0.15, 0.2) is 53.1 Å². The zero-order chi connectivity index (χ0) is 19.1. The molecule has 0 radical (unpaired) electrons. The lowest BCUT2D eigenvalue weighted by Crippen LogP contribution is -2.29. The molecular formula is C20H18BrIN4S. The first kappa shape index (κ1) is 18.9. The van der Waals surface area contributed by atoms with Crippen molar-refractivity contribution < 1.29 is 0 Å². The summed E-state index contributed by atoms with van der Waals surface area (Å²) in [5.41, 5.74) is 5.65. The van der Waals surface area contributed by atoms with Crippen LogP contribution in [0.4, 0.5) is 5.69 Å². The van der Waals surface area contributed by atoms with E-state index in [1.54, 1.807) is 0 Å². The van der Waals surface area contributed by atoms with E-state index in [4.69, 9.17) is 12.2 Å². The van der Waals surface area contributed by atoms with Crippen LogP contribution in [-0.2, 0) is 0 Å². The quantitative estimate of drug-likeness (QED) is 0.329. The minimum atomic E-state index is -0.0234. The van der Waals surface area contributed by atoms with Crippen molar-refractivity contribution in [3.05, 3.63) is 79.3 Å². The Morgan fingerprint density at radius 3 is 2.44 bits per heavy atom. The monoisotopic (exact) mass is 552 g/mol. The van der Waals surface area contributed by atoms with E-state index in [1.165, 1.54) is 14.8 Å². The third kappa shape index (κ3) is 3.40. The Kier molecular flexibility index (Phi) is 5.26. The molecule has 2 aromatic heterocycles. The molecule has 3 aromatic rings. The van der Waals surface area contributed by atoms with Gasteiger partial charge in [-0.25, -0.2) is 0 Å². The average molecular weight is 553 g/mol. The van der Waals surface area contributed by atoms with Gasteiger partial charge in [-0.15, -0.1) is 0 Å². The molecule has 0 amide bonds. The maximum Gasteiger partial charge on any atom is 0.174 e. The fraction of sp³-hybridized carbons (Fsp3) is 0.200. The molecule has 138 valence electrons.